The van der Waals surface area contributed by atoms with E-state index in [1.807, 2.05) is 11.8 Å². The second kappa shape index (κ2) is 7.40. The third-order valence-electron chi connectivity index (χ3n) is 2.48. The number of carboxylic acids is 1. The fourth-order valence-electron chi connectivity index (χ4n) is 1.45. The topological polar surface area (TPSA) is 62.5 Å². The van der Waals surface area contributed by atoms with Gasteiger partial charge in [0.05, 0.1) is 6.26 Å². The zero-order valence-electron chi connectivity index (χ0n) is 10.2. The molecule has 1 unspecified atom stereocenters. The van der Waals surface area contributed by atoms with Gasteiger partial charge in [-0.3, -0.25) is 0 Å². The lowest BCUT2D eigenvalue weighted by Gasteiger charge is -2.12. The molecular formula is C12H19NO3S. The number of rotatable bonds is 8. The molecule has 0 radical (unpaired) electrons. The quantitative estimate of drug-likeness (QED) is 0.701. The number of furan rings is 1. The number of hydrogen-bond donors (Lipinski definition) is 2. The molecule has 0 spiro atoms. The highest BCUT2D eigenvalue weighted by atomic mass is 32.2. The van der Waals surface area contributed by atoms with Crippen LogP contribution in [-0.2, 0) is 6.54 Å². The number of nitrogens with one attached hydrogen (secondary N) is 1. The first-order valence-corrected chi connectivity index (χ1v) is 6.91. The second-order valence-corrected chi connectivity index (χ2v) is 5.24. The van der Waals surface area contributed by atoms with Crippen LogP contribution in [0.5, 0.6) is 0 Å². The van der Waals surface area contributed by atoms with Gasteiger partial charge in [-0.2, -0.15) is 11.8 Å². The lowest BCUT2D eigenvalue weighted by atomic mass is 10.2. The van der Waals surface area contributed by atoms with Gasteiger partial charge in [0.15, 0.2) is 0 Å². The Morgan fingerprint density at radius 1 is 1.65 bits per heavy atom. The van der Waals surface area contributed by atoms with Gasteiger partial charge in [0, 0.05) is 18.2 Å². The van der Waals surface area contributed by atoms with Crippen molar-refractivity contribution in [2.45, 2.75) is 32.9 Å². The highest BCUT2D eigenvalue weighted by Gasteiger charge is 2.13. The Bertz CT molecular complexity index is 351. The van der Waals surface area contributed by atoms with Gasteiger partial charge in [0.2, 0.25) is 5.76 Å². The Balaban J connectivity index is 2.34. The number of thioether (sulfide) groups is 1. The molecule has 2 N–H and O–H groups in total. The maximum Gasteiger partial charge on any atom is 0.372 e. The summed E-state index contributed by atoms with van der Waals surface area (Å²) in [6.07, 6.45) is 2.50. The standard InChI is InChI=1S/C12H19NO3S/c1-3-17-7-5-9(2)13-8-10-4-6-16-11(10)12(14)15/h4,6,9,13H,3,5,7-8H2,1-2H3,(H,14,15). The van der Waals surface area contributed by atoms with Crippen molar-refractivity contribution in [2.75, 3.05) is 11.5 Å². The van der Waals surface area contributed by atoms with E-state index in [0.29, 0.717) is 18.2 Å². The molecule has 0 aliphatic rings. The SMILES string of the molecule is CCSCCC(C)NCc1ccoc1C(=O)O. The van der Waals surface area contributed by atoms with E-state index in [-0.39, 0.29) is 5.76 Å². The van der Waals surface area contributed by atoms with Gasteiger partial charge in [-0.25, -0.2) is 4.79 Å². The maximum atomic E-state index is 10.8. The molecular weight excluding hydrogens is 238 g/mol. The third kappa shape index (κ3) is 4.83. The molecule has 1 aromatic heterocycles. The molecule has 0 saturated carbocycles. The molecule has 0 aromatic carbocycles. The fourth-order valence-corrected chi connectivity index (χ4v) is 2.26. The molecule has 0 bridgehead atoms. The van der Waals surface area contributed by atoms with Crippen LogP contribution in [0.15, 0.2) is 16.7 Å². The average molecular weight is 257 g/mol. The third-order valence-corrected chi connectivity index (χ3v) is 3.41. The minimum atomic E-state index is -1.01. The van der Waals surface area contributed by atoms with E-state index in [4.69, 9.17) is 9.52 Å². The highest BCUT2D eigenvalue weighted by Crippen LogP contribution is 2.11. The molecule has 96 valence electrons. The van der Waals surface area contributed by atoms with Crippen LogP contribution in [0.25, 0.3) is 0 Å². The van der Waals surface area contributed by atoms with Crippen LogP contribution >= 0.6 is 11.8 Å². The summed E-state index contributed by atoms with van der Waals surface area (Å²) in [6.45, 7) is 4.79. The van der Waals surface area contributed by atoms with Gasteiger partial charge < -0.3 is 14.8 Å². The van der Waals surface area contributed by atoms with E-state index in [2.05, 4.69) is 19.2 Å². The van der Waals surface area contributed by atoms with Gasteiger partial charge in [0.25, 0.3) is 0 Å². The molecule has 1 atom stereocenters. The largest absolute Gasteiger partial charge is 0.475 e. The molecule has 0 saturated heterocycles. The summed E-state index contributed by atoms with van der Waals surface area (Å²) in [6, 6.07) is 2.08. The summed E-state index contributed by atoms with van der Waals surface area (Å²) in [5, 5.41) is 12.2. The number of aromatic carboxylic acids is 1. The zero-order chi connectivity index (χ0) is 12.7. The molecule has 4 nitrogen and oxygen atoms in total. The van der Waals surface area contributed by atoms with Gasteiger partial charge in [-0.05, 0) is 30.9 Å². The Hall–Kier alpha value is -0.940. The van der Waals surface area contributed by atoms with Crippen LogP contribution in [0.3, 0.4) is 0 Å². The highest BCUT2D eigenvalue weighted by molar-refractivity contribution is 7.99. The van der Waals surface area contributed by atoms with Crippen LogP contribution in [-0.4, -0.2) is 28.6 Å². The molecule has 17 heavy (non-hydrogen) atoms. The smallest absolute Gasteiger partial charge is 0.372 e. The minimum Gasteiger partial charge on any atom is -0.475 e. The van der Waals surface area contributed by atoms with Crippen LogP contribution in [0, 0.1) is 0 Å². The van der Waals surface area contributed by atoms with Gasteiger partial charge in [-0.1, -0.05) is 6.92 Å². The summed E-state index contributed by atoms with van der Waals surface area (Å²) >= 11 is 1.92. The van der Waals surface area contributed by atoms with Crippen LogP contribution in [0.1, 0.15) is 36.4 Å². The average Bonchev–Trinajstić information content (AvgIpc) is 2.75. The second-order valence-electron chi connectivity index (χ2n) is 3.85. The predicted octanol–water partition coefficient (Wildman–Crippen LogP) is 2.60. The normalized spacial score (nSPS) is 12.6. The van der Waals surface area contributed by atoms with Crippen molar-refractivity contribution in [3.05, 3.63) is 23.7 Å². The Morgan fingerprint density at radius 3 is 3.06 bits per heavy atom. The van der Waals surface area contributed by atoms with Crippen LogP contribution in [0.4, 0.5) is 0 Å². The molecule has 0 aliphatic carbocycles. The van der Waals surface area contributed by atoms with Gasteiger partial charge in [0.1, 0.15) is 0 Å². The minimum absolute atomic E-state index is 0.0348. The predicted molar refractivity (Wildman–Crippen MR) is 69.6 cm³/mol. The zero-order valence-corrected chi connectivity index (χ0v) is 11.0. The lowest BCUT2D eigenvalue weighted by molar-refractivity contribution is 0.0660. The van der Waals surface area contributed by atoms with Crippen molar-refractivity contribution < 1.29 is 14.3 Å². The molecule has 0 fully saturated rings. The van der Waals surface area contributed by atoms with E-state index in [1.54, 1.807) is 6.07 Å². The van der Waals surface area contributed by atoms with Crippen molar-refractivity contribution in [2.24, 2.45) is 0 Å². The lowest BCUT2D eigenvalue weighted by Crippen LogP contribution is -2.26. The Kier molecular flexibility index (Phi) is 6.15. The monoisotopic (exact) mass is 257 g/mol. The first kappa shape index (κ1) is 14.1. The van der Waals surface area contributed by atoms with E-state index < -0.39 is 5.97 Å². The molecule has 1 aromatic rings. The number of hydrogen-bond acceptors (Lipinski definition) is 4. The molecule has 1 heterocycles. The maximum absolute atomic E-state index is 10.8. The van der Waals surface area contributed by atoms with Gasteiger partial charge in [-0.15, -0.1) is 0 Å². The number of carbonyl (C=O) groups is 1. The molecule has 0 aliphatic heterocycles. The van der Waals surface area contributed by atoms with Crippen molar-refractivity contribution in [1.29, 1.82) is 0 Å². The van der Waals surface area contributed by atoms with E-state index >= 15 is 0 Å². The Labute approximate surface area is 106 Å². The van der Waals surface area contributed by atoms with E-state index in [0.717, 1.165) is 17.9 Å². The summed E-state index contributed by atoms with van der Waals surface area (Å²) in [5.74, 6) is 1.29. The van der Waals surface area contributed by atoms with E-state index in [1.165, 1.54) is 6.26 Å². The van der Waals surface area contributed by atoms with Crippen molar-refractivity contribution in [3.63, 3.8) is 0 Å². The first-order chi connectivity index (χ1) is 8.15. The Morgan fingerprint density at radius 2 is 2.41 bits per heavy atom. The van der Waals surface area contributed by atoms with Crippen molar-refractivity contribution >= 4 is 17.7 Å². The number of carboxylic acid groups (broad SMARTS) is 1. The summed E-state index contributed by atoms with van der Waals surface area (Å²) in [4.78, 5) is 10.8. The molecule has 1 rings (SSSR count). The van der Waals surface area contributed by atoms with Crippen LogP contribution in [0.2, 0.25) is 0 Å². The van der Waals surface area contributed by atoms with Crippen LogP contribution < -0.4 is 5.32 Å². The molecule has 0 amide bonds. The van der Waals surface area contributed by atoms with Crippen molar-refractivity contribution in [3.8, 4) is 0 Å². The van der Waals surface area contributed by atoms with Crippen molar-refractivity contribution in [1.82, 2.24) is 5.32 Å². The fraction of sp³-hybridized carbons (Fsp3) is 0.583. The first-order valence-electron chi connectivity index (χ1n) is 5.76. The van der Waals surface area contributed by atoms with Gasteiger partial charge >= 0.3 is 5.97 Å². The van der Waals surface area contributed by atoms with E-state index in [9.17, 15) is 4.79 Å². The summed E-state index contributed by atoms with van der Waals surface area (Å²) < 4.78 is 4.91. The summed E-state index contributed by atoms with van der Waals surface area (Å²) in [5.41, 5.74) is 0.701. The summed E-state index contributed by atoms with van der Waals surface area (Å²) in [7, 11) is 0. The molecule has 5 heteroatoms.